The van der Waals surface area contributed by atoms with Crippen LogP contribution < -0.4 is 0 Å². The van der Waals surface area contributed by atoms with E-state index in [0.717, 1.165) is 88.5 Å². The van der Waals surface area contributed by atoms with Crippen LogP contribution in [0.25, 0.3) is 33.6 Å². The van der Waals surface area contributed by atoms with Crippen LogP contribution in [0.4, 0.5) is 9.59 Å². The van der Waals surface area contributed by atoms with E-state index in [0.29, 0.717) is 25.7 Å². The Morgan fingerprint density at radius 1 is 0.784 bits per heavy atom. The van der Waals surface area contributed by atoms with Gasteiger partial charge >= 0.3 is 12.2 Å². The maximum atomic E-state index is 13.3. The zero-order valence-corrected chi connectivity index (χ0v) is 30.4. The molecule has 11 heteroatoms. The van der Waals surface area contributed by atoms with Crippen LogP contribution in [0.5, 0.6) is 0 Å². The Morgan fingerprint density at radius 2 is 1.37 bits per heavy atom. The fourth-order valence-electron chi connectivity index (χ4n) is 8.35. The Labute approximate surface area is 299 Å². The average Bonchev–Trinajstić information content (AvgIpc) is 3.90. The number of imidazole rings is 2. The van der Waals surface area contributed by atoms with Gasteiger partial charge in [-0.15, -0.1) is 0 Å². The van der Waals surface area contributed by atoms with Crippen LogP contribution in [0.2, 0.25) is 0 Å². The molecule has 4 aromatic rings. The van der Waals surface area contributed by atoms with Gasteiger partial charge in [-0.2, -0.15) is 0 Å². The second-order valence-electron chi connectivity index (χ2n) is 16.5. The highest BCUT2D eigenvalue weighted by Gasteiger charge is 2.51. The number of piperidine rings is 1. The normalized spacial score (nSPS) is 22.9. The highest BCUT2D eigenvalue weighted by Crippen LogP contribution is 2.50. The molecule has 8 rings (SSSR count). The monoisotopic (exact) mass is 692 g/mol. The van der Waals surface area contributed by atoms with Gasteiger partial charge in [0.1, 0.15) is 22.9 Å². The van der Waals surface area contributed by atoms with Crippen LogP contribution in [-0.4, -0.2) is 65.7 Å². The molecule has 2 aromatic carbocycles. The number of amides is 2. The number of carbonyl (C=O) groups is 2. The van der Waals surface area contributed by atoms with Gasteiger partial charge in [0.05, 0.1) is 49.1 Å². The number of likely N-dealkylation sites (tertiary alicyclic amines) is 2. The third-order valence-electron chi connectivity index (χ3n) is 10.5. The third-order valence-corrected chi connectivity index (χ3v) is 10.5. The molecule has 268 valence electrons. The van der Waals surface area contributed by atoms with Crippen LogP contribution in [0, 0.1) is 5.92 Å². The molecule has 0 spiro atoms. The van der Waals surface area contributed by atoms with Crippen LogP contribution in [0.1, 0.15) is 109 Å². The zero-order valence-electron chi connectivity index (χ0n) is 30.4. The predicted molar refractivity (Wildman–Crippen MR) is 192 cm³/mol. The maximum absolute atomic E-state index is 13.3. The molecule has 2 aromatic heterocycles. The molecule has 1 saturated carbocycles. The minimum absolute atomic E-state index is 0.106. The van der Waals surface area contributed by atoms with Gasteiger partial charge in [-0.1, -0.05) is 24.3 Å². The van der Waals surface area contributed by atoms with E-state index in [1.54, 1.807) is 4.90 Å². The van der Waals surface area contributed by atoms with Gasteiger partial charge < -0.3 is 24.2 Å². The fraction of sp³-hybridized carbons (Fsp3) is 0.500. The van der Waals surface area contributed by atoms with E-state index in [1.807, 2.05) is 58.8 Å². The first-order valence-corrected chi connectivity index (χ1v) is 18.3. The lowest BCUT2D eigenvalue weighted by atomic mass is 9.93. The number of H-pyrrole nitrogens is 2. The molecule has 2 bridgehead atoms. The first-order chi connectivity index (χ1) is 24.3. The quantitative estimate of drug-likeness (QED) is 0.219. The molecule has 4 unspecified atom stereocenters. The smallest absolute Gasteiger partial charge is 0.411 e. The number of hydrogen-bond donors (Lipinski definition) is 2. The summed E-state index contributed by atoms with van der Waals surface area (Å²) in [6, 6.07) is 12.9. The molecular weight excluding hydrogens is 644 g/mol. The zero-order chi connectivity index (χ0) is 35.7. The van der Waals surface area contributed by atoms with Crippen molar-refractivity contribution < 1.29 is 23.8 Å². The van der Waals surface area contributed by atoms with E-state index in [4.69, 9.17) is 24.2 Å². The topological polar surface area (TPSA) is 126 Å². The fourth-order valence-corrected chi connectivity index (χ4v) is 8.35. The molecule has 51 heavy (non-hydrogen) atoms. The molecule has 2 N–H and O–H groups in total. The molecule has 5 heterocycles. The number of hydrogen-bond acceptors (Lipinski definition) is 7. The van der Waals surface area contributed by atoms with Gasteiger partial charge in [-0.25, -0.2) is 19.6 Å². The number of nitrogens with one attached hydrogen (secondary N) is 2. The molecule has 3 aliphatic heterocycles. The Bertz CT molecular complexity index is 1970. The molecule has 4 atom stereocenters. The van der Waals surface area contributed by atoms with Crippen molar-refractivity contribution in [1.82, 2.24) is 29.7 Å². The van der Waals surface area contributed by atoms with Gasteiger partial charge in [0.2, 0.25) is 0 Å². The molecule has 11 nitrogen and oxygen atoms in total. The first-order valence-electron chi connectivity index (χ1n) is 18.3. The van der Waals surface area contributed by atoms with Gasteiger partial charge in [-0.3, -0.25) is 9.80 Å². The predicted octanol–water partition coefficient (Wildman–Crippen LogP) is 8.70. The summed E-state index contributed by atoms with van der Waals surface area (Å²) in [5.41, 5.74) is 7.27. The third kappa shape index (κ3) is 6.52. The van der Waals surface area contributed by atoms with Crippen molar-refractivity contribution in [3.05, 3.63) is 71.6 Å². The van der Waals surface area contributed by atoms with Crippen LogP contribution in [0.3, 0.4) is 0 Å². The number of ether oxygens (including phenoxy) is 3. The summed E-state index contributed by atoms with van der Waals surface area (Å²) < 4.78 is 17.7. The number of carbonyl (C=O) groups excluding carboxylic acids is 2. The minimum Gasteiger partial charge on any atom is -0.444 e. The summed E-state index contributed by atoms with van der Waals surface area (Å²) in [6.07, 6.45) is 8.02. The molecule has 4 aliphatic rings. The van der Waals surface area contributed by atoms with Crippen molar-refractivity contribution in [2.45, 2.75) is 116 Å². The summed E-state index contributed by atoms with van der Waals surface area (Å²) in [4.78, 5) is 46.4. The largest absolute Gasteiger partial charge is 0.444 e. The lowest BCUT2D eigenvalue weighted by Crippen LogP contribution is -2.43. The van der Waals surface area contributed by atoms with Crippen LogP contribution >= 0.6 is 0 Å². The van der Waals surface area contributed by atoms with E-state index in [9.17, 15) is 9.59 Å². The van der Waals surface area contributed by atoms with Gasteiger partial charge in [-0.05, 0) is 125 Å². The van der Waals surface area contributed by atoms with Crippen molar-refractivity contribution in [2.24, 2.45) is 5.92 Å². The Kier molecular flexibility index (Phi) is 8.24. The van der Waals surface area contributed by atoms with E-state index in [-0.39, 0.29) is 30.3 Å². The van der Waals surface area contributed by atoms with Crippen molar-refractivity contribution in [1.29, 1.82) is 0 Å². The van der Waals surface area contributed by atoms with E-state index in [1.165, 1.54) is 0 Å². The Hall–Kier alpha value is -4.64. The molecule has 0 radical (unpaired) electrons. The van der Waals surface area contributed by atoms with Crippen molar-refractivity contribution >= 4 is 12.2 Å². The average molecular weight is 693 g/mol. The van der Waals surface area contributed by atoms with Crippen LogP contribution in [-0.2, 0) is 27.4 Å². The van der Waals surface area contributed by atoms with Crippen molar-refractivity contribution in [3.63, 3.8) is 0 Å². The Balaban J connectivity index is 1.01. The number of rotatable bonds is 4. The Morgan fingerprint density at radius 3 is 2.00 bits per heavy atom. The summed E-state index contributed by atoms with van der Waals surface area (Å²) >= 11 is 0. The molecule has 2 amide bonds. The number of fused-ring (bicyclic) bond motifs is 5. The van der Waals surface area contributed by atoms with Crippen molar-refractivity contribution in [2.75, 3.05) is 6.54 Å². The van der Waals surface area contributed by atoms with E-state index >= 15 is 0 Å². The van der Waals surface area contributed by atoms with Gasteiger partial charge in [0.15, 0.2) is 0 Å². The maximum Gasteiger partial charge on any atom is 0.411 e. The van der Waals surface area contributed by atoms with E-state index in [2.05, 4.69) is 46.4 Å². The number of aromatic nitrogens is 4. The van der Waals surface area contributed by atoms with Gasteiger partial charge in [0, 0.05) is 12.6 Å². The summed E-state index contributed by atoms with van der Waals surface area (Å²) in [5, 5.41) is 0. The highest BCUT2D eigenvalue weighted by molar-refractivity contribution is 5.78. The van der Waals surface area contributed by atoms with E-state index < -0.39 is 11.2 Å². The standard InChI is InChI=1S/C40H48N6O5/c1-39(2,3)50-37(47)45-15-7-8-33(45)35-41-19-31(43-35)23-10-13-29-26(16-23)21-49-22-27-17-24(11-14-30(27)29)32-20-42-36(44-32)34-25-9-12-28(18-25)46(34)38(48)51-40(4,5)6/h10-11,13-14,16-17,19-20,25,28,33-34H,7-9,12,15,18,21-22H2,1-6H3,(H,41,43)(H,42,44). The first kappa shape index (κ1) is 33.5. The summed E-state index contributed by atoms with van der Waals surface area (Å²) in [5.74, 6) is 1.98. The number of aromatic amines is 2. The van der Waals surface area contributed by atoms with Crippen LogP contribution in [0.15, 0.2) is 48.8 Å². The minimum atomic E-state index is -0.549. The highest BCUT2D eigenvalue weighted by atomic mass is 16.6. The molecular formula is C40H48N6O5. The molecule has 3 fully saturated rings. The lowest BCUT2D eigenvalue weighted by molar-refractivity contribution is 0.00613. The summed E-state index contributed by atoms with van der Waals surface area (Å²) in [7, 11) is 0. The van der Waals surface area contributed by atoms with Gasteiger partial charge in [0.25, 0.3) is 0 Å². The second-order valence-corrected chi connectivity index (χ2v) is 16.5. The number of nitrogens with zero attached hydrogens (tertiary/aromatic N) is 4. The second kappa shape index (κ2) is 12.5. The SMILES string of the molecule is CC(C)(C)OC(=O)N1CCCC1c1ncc(-c2ccc3c(c2)COCc2cc(-c4cnc(C5C6CCC(C6)N5C(=O)OC(C)(C)C)[nH]4)ccc2-3)[nH]1. The summed E-state index contributed by atoms with van der Waals surface area (Å²) in [6.45, 7) is 13.0. The van der Waals surface area contributed by atoms with Crippen molar-refractivity contribution in [3.8, 4) is 33.6 Å². The molecule has 1 aliphatic carbocycles. The lowest BCUT2D eigenvalue weighted by Gasteiger charge is -2.35. The molecule has 2 saturated heterocycles. The number of benzene rings is 2.